The number of rotatable bonds is 23. The number of ether oxygens (including phenoxy) is 4. The van der Waals surface area contributed by atoms with Crippen LogP contribution in [0.2, 0.25) is 0 Å². The van der Waals surface area contributed by atoms with Gasteiger partial charge in [-0.2, -0.15) is 0 Å². The van der Waals surface area contributed by atoms with Crippen LogP contribution >= 0.6 is 0 Å². The zero-order chi connectivity index (χ0) is 22.3. The molecule has 1 unspecified atom stereocenters. The van der Waals surface area contributed by atoms with Gasteiger partial charge in [0.25, 0.3) is 0 Å². The lowest BCUT2D eigenvalue weighted by atomic mass is 10.2. The molecule has 0 aliphatic rings. The van der Waals surface area contributed by atoms with Gasteiger partial charge >= 0.3 is 0 Å². The summed E-state index contributed by atoms with van der Waals surface area (Å²) in [5.74, 6) is -0.0679. The van der Waals surface area contributed by atoms with Gasteiger partial charge in [0.2, 0.25) is 12.3 Å². The van der Waals surface area contributed by atoms with E-state index in [2.05, 4.69) is 10.6 Å². The van der Waals surface area contributed by atoms with Crippen molar-refractivity contribution in [1.82, 2.24) is 10.6 Å². The number of hydrogen-bond acceptors (Lipinski definition) is 6. The fourth-order valence-corrected chi connectivity index (χ4v) is 2.38. The van der Waals surface area contributed by atoms with Crippen LogP contribution in [0.15, 0.2) is 0 Å². The fourth-order valence-electron chi connectivity index (χ4n) is 2.38. The molecule has 2 amide bonds. The quantitative estimate of drug-likeness (QED) is 0.188. The average molecular weight is 437 g/mol. The molecule has 0 aromatic heterocycles. The summed E-state index contributed by atoms with van der Waals surface area (Å²) in [5.41, 5.74) is 0. The van der Waals surface area contributed by atoms with E-state index in [9.17, 15) is 14.0 Å². The van der Waals surface area contributed by atoms with E-state index in [1.54, 1.807) is 0 Å². The zero-order valence-corrected chi connectivity index (χ0v) is 18.7. The van der Waals surface area contributed by atoms with Gasteiger partial charge in [-0.25, -0.2) is 4.39 Å². The van der Waals surface area contributed by atoms with Crippen LogP contribution in [0.5, 0.6) is 0 Å². The summed E-state index contributed by atoms with van der Waals surface area (Å²) in [5, 5.41) is 5.12. The maximum Gasteiger partial charge on any atom is 0.246 e. The minimum absolute atomic E-state index is 0.00791. The predicted molar refractivity (Wildman–Crippen MR) is 113 cm³/mol. The number of carbonyl (C=O) groups excluding carboxylic acids is 2. The highest BCUT2D eigenvalue weighted by atomic mass is 19.1. The number of hydrogen-bond donors (Lipinski definition) is 2. The molecule has 0 aromatic carbocycles. The Morgan fingerprint density at radius 3 is 2.10 bits per heavy atom. The third-order valence-corrected chi connectivity index (χ3v) is 4.01. The van der Waals surface area contributed by atoms with Gasteiger partial charge in [-0.05, 0) is 52.4 Å². The zero-order valence-electron chi connectivity index (χ0n) is 18.7. The van der Waals surface area contributed by atoms with Crippen molar-refractivity contribution in [3.63, 3.8) is 0 Å². The molecule has 0 aliphatic carbocycles. The largest absolute Gasteiger partial charge is 0.379 e. The lowest BCUT2D eigenvalue weighted by molar-refractivity contribution is -0.127. The van der Waals surface area contributed by atoms with E-state index in [4.69, 9.17) is 18.9 Å². The van der Waals surface area contributed by atoms with Crippen LogP contribution in [0, 0.1) is 0 Å². The fraction of sp³-hybridized carbons (Fsp3) is 0.905. The molecular formula is C21H41FN2O6. The molecular weight excluding hydrogens is 395 g/mol. The van der Waals surface area contributed by atoms with Crippen molar-refractivity contribution in [2.24, 2.45) is 0 Å². The Bertz CT molecular complexity index is 402. The molecule has 0 aromatic rings. The summed E-state index contributed by atoms with van der Waals surface area (Å²) < 4.78 is 34.6. The summed E-state index contributed by atoms with van der Waals surface area (Å²) in [4.78, 5) is 21.5. The van der Waals surface area contributed by atoms with Gasteiger partial charge in [-0.15, -0.1) is 0 Å². The van der Waals surface area contributed by atoms with Crippen LogP contribution in [0.1, 0.15) is 52.4 Å². The van der Waals surface area contributed by atoms with Gasteiger partial charge in [0, 0.05) is 26.4 Å². The number of carbonyl (C=O) groups is 2. The molecule has 0 rings (SSSR count). The van der Waals surface area contributed by atoms with Gasteiger partial charge in [-0.3, -0.25) is 9.59 Å². The van der Waals surface area contributed by atoms with Crippen LogP contribution in [0.25, 0.3) is 0 Å². The first kappa shape index (κ1) is 28.7. The lowest BCUT2D eigenvalue weighted by Crippen LogP contribution is -2.29. The van der Waals surface area contributed by atoms with E-state index in [-0.39, 0.29) is 31.8 Å². The molecule has 0 radical (unpaired) electrons. The second-order valence-electron chi connectivity index (χ2n) is 7.25. The molecule has 0 heterocycles. The first-order valence-corrected chi connectivity index (χ1v) is 11.0. The minimum atomic E-state index is -1.16. The molecule has 8 nitrogen and oxygen atoms in total. The highest BCUT2D eigenvalue weighted by Crippen LogP contribution is 1.99. The van der Waals surface area contributed by atoms with Crippen molar-refractivity contribution in [3.8, 4) is 0 Å². The molecule has 0 aliphatic heterocycles. The number of amides is 2. The number of unbranched alkanes of at least 4 members (excludes halogenated alkanes) is 4. The third-order valence-electron chi connectivity index (χ3n) is 4.01. The smallest absolute Gasteiger partial charge is 0.246 e. The predicted octanol–water partition coefficient (Wildman–Crippen LogP) is 2.00. The van der Waals surface area contributed by atoms with Crippen molar-refractivity contribution in [3.05, 3.63) is 0 Å². The molecule has 0 spiro atoms. The Kier molecular flexibility index (Phi) is 21.4. The Hall–Kier alpha value is -1.29. The maximum absolute atomic E-state index is 13.2. The molecule has 2 N–H and O–H groups in total. The van der Waals surface area contributed by atoms with Crippen molar-refractivity contribution in [2.45, 2.75) is 64.6 Å². The standard InChI is InChI=1S/C21H41FN2O6/c1-19(2)30-17-21(26)24-9-5-3-6-10-27-13-14-28-11-7-4-8-12-29-16-20(22)15-23-18-25/h18-20H,3-17H2,1-2H3,(H,23,25)(H,24,26). The Morgan fingerprint density at radius 1 is 0.900 bits per heavy atom. The molecule has 178 valence electrons. The first-order valence-electron chi connectivity index (χ1n) is 11.0. The van der Waals surface area contributed by atoms with E-state index in [1.165, 1.54) is 0 Å². The van der Waals surface area contributed by atoms with Crippen molar-refractivity contribution >= 4 is 12.3 Å². The maximum atomic E-state index is 13.2. The lowest BCUT2D eigenvalue weighted by Gasteiger charge is -2.09. The molecule has 0 fully saturated rings. The highest BCUT2D eigenvalue weighted by Gasteiger charge is 2.05. The van der Waals surface area contributed by atoms with Crippen LogP contribution in [-0.4, -0.2) is 83.9 Å². The summed E-state index contributed by atoms with van der Waals surface area (Å²) in [6.45, 7) is 7.65. The van der Waals surface area contributed by atoms with Crippen LogP contribution < -0.4 is 10.6 Å². The van der Waals surface area contributed by atoms with Crippen molar-refractivity contribution in [1.29, 1.82) is 0 Å². The molecule has 30 heavy (non-hydrogen) atoms. The molecule has 0 saturated carbocycles. The Morgan fingerprint density at radius 2 is 1.50 bits per heavy atom. The van der Waals surface area contributed by atoms with Crippen molar-refractivity contribution < 1.29 is 32.9 Å². The number of nitrogens with one attached hydrogen (secondary N) is 2. The van der Waals surface area contributed by atoms with Crippen LogP contribution in [-0.2, 0) is 28.5 Å². The third kappa shape index (κ3) is 23.0. The average Bonchev–Trinajstić information content (AvgIpc) is 2.72. The topological polar surface area (TPSA) is 95.1 Å². The van der Waals surface area contributed by atoms with E-state index in [0.29, 0.717) is 46.0 Å². The van der Waals surface area contributed by atoms with Crippen molar-refractivity contribution in [2.75, 3.05) is 59.3 Å². The highest BCUT2D eigenvalue weighted by molar-refractivity contribution is 5.77. The van der Waals surface area contributed by atoms with E-state index in [1.807, 2.05) is 13.8 Å². The summed E-state index contributed by atoms with van der Waals surface area (Å²) in [6.07, 6.45) is 5.04. The van der Waals surface area contributed by atoms with Gasteiger partial charge in [0.15, 0.2) is 0 Å². The molecule has 0 saturated heterocycles. The van der Waals surface area contributed by atoms with Crippen LogP contribution in [0.4, 0.5) is 4.39 Å². The van der Waals surface area contributed by atoms with E-state index >= 15 is 0 Å². The van der Waals surface area contributed by atoms with E-state index in [0.717, 1.165) is 38.5 Å². The monoisotopic (exact) mass is 436 g/mol. The Labute approximate surface area is 180 Å². The summed E-state index contributed by atoms with van der Waals surface area (Å²) >= 11 is 0. The minimum Gasteiger partial charge on any atom is -0.379 e. The molecule has 1 atom stereocenters. The second kappa shape index (κ2) is 22.4. The Balaban J connectivity index is 3.14. The van der Waals surface area contributed by atoms with Gasteiger partial charge < -0.3 is 29.6 Å². The second-order valence-corrected chi connectivity index (χ2v) is 7.25. The van der Waals surface area contributed by atoms with E-state index < -0.39 is 6.17 Å². The first-order chi connectivity index (χ1) is 14.6. The summed E-state index contributed by atoms with van der Waals surface area (Å²) in [7, 11) is 0. The summed E-state index contributed by atoms with van der Waals surface area (Å²) in [6, 6.07) is 0. The number of halogens is 1. The van der Waals surface area contributed by atoms with Gasteiger partial charge in [-0.1, -0.05) is 0 Å². The van der Waals surface area contributed by atoms with Gasteiger partial charge in [0.05, 0.1) is 32.5 Å². The normalized spacial score (nSPS) is 12.1. The molecule has 0 bridgehead atoms. The molecule has 9 heteroatoms. The number of alkyl halides is 1. The van der Waals surface area contributed by atoms with Crippen LogP contribution in [0.3, 0.4) is 0 Å². The SMILES string of the molecule is CC(C)OCC(=O)NCCCCCOCCOCCCCCOCC(F)CNC=O. The van der Waals surface area contributed by atoms with Gasteiger partial charge in [0.1, 0.15) is 12.8 Å².